The molecule has 0 fully saturated rings. The van der Waals surface area contributed by atoms with Crippen molar-refractivity contribution in [3.63, 3.8) is 0 Å². The smallest absolute Gasteiger partial charge is 0.335 e. The standard InChI is InChI=1S/C10H9ClN2O2/c1-2-13-9(11)7-5-6(10(14)15)3-4-8(7)12-13/h3-5H,2H2,1H3,(H,14,15). The van der Waals surface area contributed by atoms with Gasteiger partial charge >= 0.3 is 5.97 Å². The number of aryl methyl sites for hydroxylation is 1. The van der Waals surface area contributed by atoms with E-state index in [1.165, 1.54) is 6.07 Å². The normalized spacial score (nSPS) is 10.8. The lowest BCUT2D eigenvalue weighted by Gasteiger charge is -1.95. The van der Waals surface area contributed by atoms with E-state index in [-0.39, 0.29) is 5.56 Å². The molecular formula is C10H9ClN2O2. The number of carbonyl (C=O) groups is 1. The van der Waals surface area contributed by atoms with E-state index in [1.54, 1.807) is 16.8 Å². The summed E-state index contributed by atoms with van der Waals surface area (Å²) in [6, 6.07) is 4.73. The molecule has 1 heterocycles. The fraction of sp³-hybridized carbons (Fsp3) is 0.200. The monoisotopic (exact) mass is 224 g/mol. The third kappa shape index (κ3) is 1.57. The van der Waals surface area contributed by atoms with Gasteiger partial charge in [-0.05, 0) is 25.1 Å². The highest BCUT2D eigenvalue weighted by Crippen LogP contribution is 2.24. The number of benzene rings is 1. The van der Waals surface area contributed by atoms with Crippen LogP contribution < -0.4 is 0 Å². The van der Waals surface area contributed by atoms with Crippen molar-refractivity contribution in [1.82, 2.24) is 9.78 Å². The Hall–Kier alpha value is -1.55. The first-order valence-corrected chi connectivity index (χ1v) is 4.90. The predicted molar refractivity (Wildman–Crippen MR) is 57.4 cm³/mol. The van der Waals surface area contributed by atoms with E-state index < -0.39 is 5.97 Å². The number of halogens is 1. The first-order chi connectivity index (χ1) is 7.13. The lowest BCUT2D eigenvalue weighted by atomic mass is 10.2. The SMILES string of the molecule is CCn1nc2ccc(C(=O)O)cc2c1Cl. The Kier molecular flexibility index (Phi) is 2.36. The van der Waals surface area contributed by atoms with E-state index >= 15 is 0 Å². The van der Waals surface area contributed by atoms with Gasteiger partial charge in [-0.3, -0.25) is 4.68 Å². The van der Waals surface area contributed by atoms with Crippen molar-refractivity contribution in [2.75, 3.05) is 0 Å². The summed E-state index contributed by atoms with van der Waals surface area (Å²) in [5.74, 6) is -0.961. The topological polar surface area (TPSA) is 55.1 Å². The van der Waals surface area contributed by atoms with Gasteiger partial charge in [-0.2, -0.15) is 5.10 Å². The number of fused-ring (bicyclic) bond motifs is 1. The van der Waals surface area contributed by atoms with Gasteiger partial charge in [-0.15, -0.1) is 0 Å². The minimum atomic E-state index is -0.961. The van der Waals surface area contributed by atoms with Crippen LogP contribution in [0, 0.1) is 0 Å². The van der Waals surface area contributed by atoms with Crippen LogP contribution in [0.15, 0.2) is 18.2 Å². The van der Waals surface area contributed by atoms with Gasteiger partial charge in [0, 0.05) is 11.9 Å². The Balaban J connectivity index is 2.70. The van der Waals surface area contributed by atoms with Gasteiger partial charge in [0.25, 0.3) is 0 Å². The van der Waals surface area contributed by atoms with E-state index in [9.17, 15) is 4.79 Å². The summed E-state index contributed by atoms with van der Waals surface area (Å²) in [6.45, 7) is 2.59. The number of aromatic nitrogens is 2. The second-order valence-corrected chi connectivity index (χ2v) is 3.50. The van der Waals surface area contributed by atoms with E-state index in [4.69, 9.17) is 16.7 Å². The third-order valence-corrected chi connectivity index (χ3v) is 2.62. The summed E-state index contributed by atoms with van der Waals surface area (Å²) in [6.07, 6.45) is 0. The van der Waals surface area contributed by atoms with Gasteiger partial charge in [0.2, 0.25) is 0 Å². The molecule has 1 N–H and O–H groups in total. The zero-order chi connectivity index (χ0) is 11.0. The Morgan fingerprint density at radius 2 is 2.33 bits per heavy atom. The second-order valence-electron chi connectivity index (χ2n) is 3.14. The van der Waals surface area contributed by atoms with Crippen LogP contribution in [-0.2, 0) is 6.54 Å². The van der Waals surface area contributed by atoms with Crippen molar-refractivity contribution in [2.24, 2.45) is 0 Å². The maximum absolute atomic E-state index is 10.8. The first-order valence-electron chi connectivity index (χ1n) is 4.53. The highest BCUT2D eigenvalue weighted by Gasteiger charge is 2.10. The fourth-order valence-corrected chi connectivity index (χ4v) is 1.75. The quantitative estimate of drug-likeness (QED) is 0.852. The summed E-state index contributed by atoms with van der Waals surface area (Å²) in [7, 11) is 0. The number of nitrogens with zero attached hydrogens (tertiary/aromatic N) is 2. The molecule has 0 bridgehead atoms. The largest absolute Gasteiger partial charge is 0.478 e. The van der Waals surface area contributed by atoms with E-state index in [1.807, 2.05) is 6.92 Å². The van der Waals surface area contributed by atoms with Gasteiger partial charge < -0.3 is 5.11 Å². The van der Waals surface area contributed by atoms with Crippen molar-refractivity contribution in [3.8, 4) is 0 Å². The molecule has 0 unspecified atom stereocenters. The molecule has 0 radical (unpaired) electrons. The van der Waals surface area contributed by atoms with Crippen LogP contribution in [0.25, 0.3) is 10.9 Å². The lowest BCUT2D eigenvalue weighted by molar-refractivity contribution is 0.0697. The van der Waals surface area contributed by atoms with Gasteiger partial charge in [-0.25, -0.2) is 4.79 Å². The number of carboxylic acid groups (broad SMARTS) is 1. The highest BCUT2D eigenvalue weighted by atomic mass is 35.5. The molecule has 0 atom stereocenters. The van der Waals surface area contributed by atoms with Gasteiger partial charge in [-0.1, -0.05) is 11.6 Å². The van der Waals surface area contributed by atoms with Crippen molar-refractivity contribution in [2.45, 2.75) is 13.5 Å². The Morgan fingerprint density at radius 1 is 1.60 bits per heavy atom. The molecule has 0 saturated carbocycles. The molecule has 2 aromatic rings. The molecule has 4 nitrogen and oxygen atoms in total. The maximum atomic E-state index is 10.8. The summed E-state index contributed by atoms with van der Waals surface area (Å²) >= 11 is 6.04. The summed E-state index contributed by atoms with van der Waals surface area (Å²) < 4.78 is 1.64. The van der Waals surface area contributed by atoms with Crippen molar-refractivity contribution < 1.29 is 9.90 Å². The van der Waals surface area contributed by atoms with E-state index in [2.05, 4.69) is 5.10 Å². The highest BCUT2D eigenvalue weighted by molar-refractivity contribution is 6.34. The molecule has 1 aromatic carbocycles. The van der Waals surface area contributed by atoms with Gasteiger partial charge in [0.05, 0.1) is 11.1 Å². The molecule has 0 saturated heterocycles. The molecule has 2 rings (SSSR count). The van der Waals surface area contributed by atoms with Crippen LogP contribution in [0.2, 0.25) is 5.15 Å². The van der Waals surface area contributed by atoms with Crippen LogP contribution in [0.5, 0.6) is 0 Å². The maximum Gasteiger partial charge on any atom is 0.335 e. The third-order valence-electron chi connectivity index (χ3n) is 2.22. The Bertz CT molecular complexity index is 533. The fourth-order valence-electron chi connectivity index (χ4n) is 1.44. The van der Waals surface area contributed by atoms with Crippen molar-refractivity contribution >= 4 is 28.5 Å². The van der Waals surface area contributed by atoms with Crippen molar-refractivity contribution in [3.05, 3.63) is 28.9 Å². The minimum Gasteiger partial charge on any atom is -0.478 e. The molecule has 0 aliphatic rings. The molecule has 1 aromatic heterocycles. The first kappa shape index (κ1) is 9.98. The van der Waals surface area contributed by atoms with Gasteiger partial charge in [0.1, 0.15) is 5.15 Å². The average molecular weight is 225 g/mol. The number of aromatic carboxylic acids is 1. The molecule has 0 amide bonds. The van der Waals surface area contributed by atoms with Crippen LogP contribution >= 0.6 is 11.6 Å². The predicted octanol–water partition coefficient (Wildman–Crippen LogP) is 2.41. The average Bonchev–Trinajstić information content (AvgIpc) is 2.55. The molecule has 0 spiro atoms. The van der Waals surface area contributed by atoms with E-state index in [0.29, 0.717) is 22.6 Å². The van der Waals surface area contributed by atoms with Gasteiger partial charge in [0.15, 0.2) is 0 Å². The molecule has 78 valence electrons. The molecule has 15 heavy (non-hydrogen) atoms. The molecular weight excluding hydrogens is 216 g/mol. The van der Waals surface area contributed by atoms with Crippen LogP contribution in [0.1, 0.15) is 17.3 Å². The summed E-state index contributed by atoms with van der Waals surface area (Å²) in [5, 5.41) is 14.2. The second kappa shape index (κ2) is 3.55. The summed E-state index contributed by atoms with van der Waals surface area (Å²) in [4.78, 5) is 10.8. The minimum absolute atomic E-state index is 0.222. The van der Waals surface area contributed by atoms with Crippen LogP contribution in [0.3, 0.4) is 0 Å². The Morgan fingerprint density at radius 3 is 2.93 bits per heavy atom. The zero-order valence-corrected chi connectivity index (χ0v) is 8.82. The Labute approximate surface area is 91.1 Å². The number of hydrogen-bond acceptors (Lipinski definition) is 2. The lowest BCUT2D eigenvalue weighted by Crippen LogP contribution is -1.95. The molecule has 0 aliphatic heterocycles. The summed E-state index contributed by atoms with van der Waals surface area (Å²) in [5.41, 5.74) is 0.937. The molecule has 5 heteroatoms. The number of hydrogen-bond donors (Lipinski definition) is 1. The van der Waals surface area contributed by atoms with Crippen LogP contribution in [-0.4, -0.2) is 20.9 Å². The zero-order valence-electron chi connectivity index (χ0n) is 8.07. The molecule has 0 aliphatic carbocycles. The number of rotatable bonds is 2. The number of carboxylic acids is 1. The van der Waals surface area contributed by atoms with Crippen molar-refractivity contribution in [1.29, 1.82) is 0 Å². The van der Waals surface area contributed by atoms with Crippen LogP contribution in [0.4, 0.5) is 0 Å². The van der Waals surface area contributed by atoms with E-state index in [0.717, 1.165) is 0 Å².